The number of anilines is 1. The Kier molecular flexibility index (Phi) is 5.37. The van der Waals surface area contributed by atoms with Crippen LogP contribution >= 0.6 is 0 Å². The second-order valence-electron chi connectivity index (χ2n) is 7.10. The summed E-state index contributed by atoms with van der Waals surface area (Å²) < 4.78 is 1.87. The molecule has 0 atom stereocenters. The summed E-state index contributed by atoms with van der Waals surface area (Å²) in [5.74, 6) is 2.44. The van der Waals surface area contributed by atoms with E-state index in [-0.39, 0.29) is 5.91 Å². The van der Waals surface area contributed by atoms with Crippen LogP contribution in [0.5, 0.6) is 0 Å². The number of aromatic nitrogens is 4. The van der Waals surface area contributed by atoms with Gasteiger partial charge in [-0.3, -0.25) is 9.36 Å². The first-order valence-electron chi connectivity index (χ1n) is 9.72. The number of piperazine rings is 1. The molecule has 0 saturated carbocycles. The normalized spacial score (nSPS) is 14.6. The van der Waals surface area contributed by atoms with Crippen molar-refractivity contribution in [2.24, 2.45) is 0 Å². The van der Waals surface area contributed by atoms with Gasteiger partial charge in [-0.25, -0.2) is 15.0 Å². The maximum Gasteiger partial charge on any atom is 0.246 e. The van der Waals surface area contributed by atoms with Crippen molar-refractivity contribution in [1.82, 2.24) is 24.4 Å². The Balaban J connectivity index is 1.41. The number of hydrogen-bond acceptors (Lipinski definition) is 5. The molecule has 1 fully saturated rings. The molecule has 29 heavy (non-hydrogen) atoms. The molecule has 148 valence electrons. The van der Waals surface area contributed by atoms with E-state index in [1.54, 1.807) is 18.6 Å². The summed E-state index contributed by atoms with van der Waals surface area (Å²) in [6.07, 6.45) is 8.89. The molecule has 1 aliphatic rings. The van der Waals surface area contributed by atoms with Crippen LogP contribution in [-0.4, -0.2) is 56.5 Å². The Bertz CT molecular complexity index is 1020. The van der Waals surface area contributed by atoms with Crippen LogP contribution in [0.3, 0.4) is 0 Å². The third-order valence-electron chi connectivity index (χ3n) is 5.09. The van der Waals surface area contributed by atoms with Crippen molar-refractivity contribution in [3.63, 3.8) is 0 Å². The van der Waals surface area contributed by atoms with E-state index >= 15 is 0 Å². The molecule has 3 aromatic rings. The maximum absolute atomic E-state index is 12.6. The van der Waals surface area contributed by atoms with Crippen LogP contribution in [0.2, 0.25) is 0 Å². The zero-order chi connectivity index (χ0) is 20.2. The lowest BCUT2D eigenvalue weighted by Gasteiger charge is -2.35. The van der Waals surface area contributed by atoms with Gasteiger partial charge in [0.2, 0.25) is 5.91 Å². The van der Waals surface area contributed by atoms with Gasteiger partial charge in [-0.05, 0) is 31.1 Å². The number of carbonyl (C=O) groups is 1. The first kappa shape index (κ1) is 18.9. The van der Waals surface area contributed by atoms with Crippen LogP contribution in [0.15, 0.2) is 55.1 Å². The summed E-state index contributed by atoms with van der Waals surface area (Å²) >= 11 is 0. The molecule has 7 nitrogen and oxygen atoms in total. The Morgan fingerprint density at radius 2 is 1.79 bits per heavy atom. The van der Waals surface area contributed by atoms with Crippen molar-refractivity contribution in [3.8, 4) is 5.82 Å². The highest BCUT2D eigenvalue weighted by Crippen LogP contribution is 2.18. The number of hydrogen-bond donors (Lipinski definition) is 0. The predicted octanol–water partition coefficient (Wildman–Crippen LogP) is 2.64. The molecule has 1 amide bonds. The van der Waals surface area contributed by atoms with Gasteiger partial charge in [-0.1, -0.05) is 24.3 Å². The molecule has 0 aliphatic carbocycles. The van der Waals surface area contributed by atoms with E-state index < -0.39 is 0 Å². The minimum Gasteiger partial charge on any atom is -0.353 e. The van der Waals surface area contributed by atoms with E-state index in [9.17, 15) is 4.79 Å². The van der Waals surface area contributed by atoms with Gasteiger partial charge in [0.1, 0.15) is 23.8 Å². The molecule has 4 rings (SSSR count). The topological polar surface area (TPSA) is 67.2 Å². The standard InChI is InChI=1S/C22H24N6O/c1-17-5-3-4-6-19(17)7-8-22(29)27-13-11-26(12-14-27)20-15-21(25-18(2)24-20)28-10-9-23-16-28/h3-10,15-16H,11-14H2,1-2H3/b8-7+. The molecule has 1 aromatic carbocycles. The van der Waals surface area contributed by atoms with E-state index in [0.717, 1.165) is 35.9 Å². The van der Waals surface area contributed by atoms with Crippen molar-refractivity contribution >= 4 is 17.8 Å². The molecular formula is C22H24N6O. The molecule has 0 N–H and O–H groups in total. The molecule has 3 heterocycles. The van der Waals surface area contributed by atoms with Gasteiger partial charge in [0.25, 0.3) is 0 Å². The Morgan fingerprint density at radius 1 is 1.03 bits per heavy atom. The zero-order valence-corrected chi connectivity index (χ0v) is 16.7. The van der Waals surface area contributed by atoms with Crippen molar-refractivity contribution in [2.75, 3.05) is 31.1 Å². The Hall–Kier alpha value is -3.48. The van der Waals surface area contributed by atoms with E-state index in [1.165, 1.54) is 0 Å². The van der Waals surface area contributed by atoms with Gasteiger partial charge in [-0.15, -0.1) is 0 Å². The number of rotatable bonds is 4. The SMILES string of the molecule is Cc1nc(N2CCN(C(=O)/C=C/c3ccccc3C)CC2)cc(-n2ccnc2)n1. The number of carbonyl (C=O) groups excluding carboxylic acids is 1. The first-order chi connectivity index (χ1) is 14.1. The second kappa shape index (κ2) is 8.26. The summed E-state index contributed by atoms with van der Waals surface area (Å²) in [5.41, 5.74) is 2.23. The van der Waals surface area contributed by atoms with Crippen LogP contribution < -0.4 is 4.90 Å². The third-order valence-corrected chi connectivity index (χ3v) is 5.09. The molecular weight excluding hydrogens is 364 g/mol. The van der Waals surface area contributed by atoms with Crippen LogP contribution in [0.1, 0.15) is 17.0 Å². The number of nitrogens with zero attached hydrogens (tertiary/aromatic N) is 6. The second-order valence-corrected chi connectivity index (χ2v) is 7.10. The fourth-order valence-electron chi connectivity index (χ4n) is 3.42. The van der Waals surface area contributed by atoms with Gasteiger partial charge in [-0.2, -0.15) is 0 Å². The third kappa shape index (κ3) is 4.34. The molecule has 0 spiro atoms. The van der Waals surface area contributed by atoms with E-state index in [4.69, 9.17) is 0 Å². The summed E-state index contributed by atoms with van der Waals surface area (Å²) in [6, 6.07) is 10.0. The van der Waals surface area contributed by atoms with Crippen LogP contribution in [0, 0.1) is 13.8 Å². The highest BCUT2D eigenvalue weighted by Gasteiger charge is 2.21. The molecule has 1 saturated heterocycles. The van der Waals surface area contributed by atoms with Gasteiger partial charge in [0, 0.05) is 50.7 Å². The highest BCUT2D eigenvalue weighted by atomic mass is 16.2. The van der Waals surface area contributed by atoms with Crippen molar-refractivity contribution < 1.29 is 4.79 Å². The predicted molar refractivity (Wildman–Crippen MR) is 113 cm³/mol. The molecule has 7 heteroatoms. The summed E-state index contributed by atoms with van der Waals surface area (Å²) in [6.45, 7) is 6.75. The van der Waals surface area contributed by atoms with E-state index in [2.05, 4.69) is 19.9 Å². The summed E-state index contributed by atoms with van der Waals surface area (Å²) in [5, 5.41) is 0. The number of aryl methyl sites for hydroxylation is 2. The average Bonchev–Trinajstić information content (AvgIpc) is 3.28. The van der Waals surface area contributed by atoms with Gasteiger partial charge >= 0.3 is 0 Å². The van der Waals surface area contributed by atoms with Crippen LogP contribution in [0.4, 0.5) is 5.82 Å². The van der Waals surface area contributed by atoms with Crippen molar-refractivity contribution in [3.05, 3.63) is 72.1 Å². The van der Waals surface area contributed by atoms with E-state index in [1.807, 2.05) is 65.9 Å². The number of benzene rings is 1. The monoisotopic (exact) mass is 388 g/mol. The minimum atomic E-state index is 0.0471. The first-order valence-corrected chi connectivity index (χ1v) is 9.72. The lowest BCUT2D eigenvalue weighted by atomic mass is 10.1. The summed E-state index contributed by atoms with van der Waals surface area (Å²) in [4.78, 5) is 29.8. The minimum absolute atomic E-state index is 0.0471. The molecule has 0 radical (unpaired) electrons. The number of amides is 1. The van der Waals surface area contributed by atoms with Crippen LogP contribution in [-0.2, 0) is 4.79 Å². The van der Waals surface area contributed by atoms with Crippen molar-refractivity contribution in [2.45, 2.75) is 13.8 Å². The lowest BCUT2D eigenvalue weighted by Crippen LogP contribution is -2.48. The average molecular weight is 388 g/mol. The molecule has 2 aromatic heterocycles. The van der Waals surface area contributed by atoms with E-state index in [0.29, 0.717) is 18.9 Å². The maximum atomic E-state index is 12.6. The van der Waals surface area contributed by atoms with Crippen molar-refractivity contribution in [1.29, 1.82) is 0 Å². The molecule has 0 unspecified atom stereocenters. The van der Waals surface area contributed by atoms with Gasteiger partial charge in [0.05, 0.1) is 0 Å². The number of imidazole rings is 1. The van der Waals surface area contributed by atoms with Gasteiger partial charge < -0.3 is 9.80 Å². The Labute approximate surface area is 170 Å². The largest absolute Gasteiger partial charge is 0.353 e. The van der Waals surface area contributed by atoms with Gasteiger partial charge in [0.15, 0.2) is 0 Å². The zero-order valence-electron chi connectivity index (χ0n) is 16.7. The quantitative estimate of drug-likeness (QED) is 0.643. The fourth-order valence-corrected chi connectivity index (χ4v) is 3.42. The van der Waals surface area contributed by atoms with Crippen LogP contribution in [0.25, 0.3) is 11.9 Å². The fraction of sp³-hybridized carbons (Fsp3) is 0.273. The molecule has 0 bridgehead atoms. The Morgan fingerprint density at radius 3 is 2.52 bits per heavy atom. The smallest absolute Gasteiger partial charge is 0.246 e. The summed E-state index contributed by atoms with van der Waals surface area (Å²) in [7, 11) is 0. The molecule has 1 aliphatic heterocycles. The highest BCUT2D eigenvalue weighted by molar-refractivity contribution is 5.92. The lowest BCUT2D eigenvalue weighted by molar-refractivity contribution is -0.126.